The zero-order valence-corrected chi connectivity index (χ0v) is 15.3. The van der Waals surface area contributed by atoms with E-state index in [0.717, 1.165) is 0 Å². The topological polar surface area (TPSA) is 113 Å². The predicted octanol–water partition coefficient (Wildman–Crippen LogP) is 0.208. The van der Waals surface area contributed by atoms with Gasteiger partial charge in [0.1, 0.15) is 11.8 Å². The van der Waals surface area contributed by atoms with Gasteiger partial charge in [0.05, 0.1) is 13.4 Å². The average molecular weight is 384 g/mol. The van der Waals surface area contributed by atoms with Crippen molar-refractivity contribution in [3.05, 3.63) is 42.6 Å². The first-order valence-corrected chi connectivity index (χ1v) is 8.94. The smallest absolute Gasteiger partial charge is 0.320 e. The van der Waals surface area contributed by atoms with E-state index in [1.165, 1.54) is 13.4 Å². The number of guanidine groups is 1. The first-order chi connectivity index (χ1) is 13.7. The van der Waals surface area contributed by atoms with Crippen molar-refractivity contribution in [3.63, 3.8) is 0 Å². The Morgan fingerprint density at radius 3 is 2.54 bits per heavy atom. The van der Waals surface area contributed by atoms with E-state index in [2.05, 4.69) is 25.2 Å². The number of furan rings is 1. The van der Waals surface area contributed by atoms with E-state index in [1.54, 1.807) is 30.6 Å². The molecule has 0 bridgehead atoms. The molecule has 146 valence electrons. The Morgan fingerprint density at radius 1 is 1.18 bits per heavy atom. The minimum Gasteiger partial charge on any atom is -0.468 e. The minimum atomic E-state index is -1.08. The number of aromatic nitrogens is 2. The van der Waals surface area contributed by atoms with Crippen molar-refractivity contribution in [2.24, 2.45) is 10.9 Å². The number of hydrogen-bond donors (Lipinski definition) is 1. The molecule has 2 aromatic heterocycles. The standard InChI is InChI=1S/C18H20N6O4/c1-27-16(26)13-14(12-4-2-11-28-12)21-18(22-15(13)25)24-9-7-23(8-10-24)17-19-5-3-6-20-17/h2-6,11,13-14H,7-10H2,1H3,(H,21,22,25)/t13-,14+/m0/s1. The maximum atomic E-state index is 12.6. The van der Waals surface area contributed by atoms with E-state index in [1.807, 2.05) is 4.90 Å². The number of aliphatic imine (C=N–C) groups is 1. The van der Waals surface area contributed by atoms with Crippen molar-refractivity contribution in [2.45, 2.75) is 6.04 Å². The van der Waals surface area contributed by atoms with Gasteiger partial charge in [-0.1, -0.05) is 0 Å². The molecule has 0 radical (unpaired) electrons. The van der Waals surface area contributed by atoms with Crippen molar-refractivity contribution < 1.29 is 18.7 Å². The monoisotopic (exact) mass is 384 g/mol. The number of anilines is 1. The molecule has 10 nitrogen and oxygen atoms in total. The number of methoxy groups -OCH3 is 1. The highest BCUT2D eigenvalue weighted by atomic mass is 16.5. The maximum Gasteiger partial charge on any atom is 0.320 e. The van der Waals surface area contributed by atoms with Crippen molar-refractivity contribution in [1.29, 1.82) is 0 Å². The molecule has 2 aliphatic heterocycles. The predicted molar refractivity (Wildman–Crippen MR) is 98.4 cm³/mol. The highest BCUT2D eigenvalue weighted by Crippen LogP contribution is 2.31. The Hall–Kier alpha value is -3.43. The third-order valence-electron chi connectivity index (χ3n) is 4.80. The summed E-state index contributed by atoms with van der Waals surface area (Å²) >= 11 is 0. The maximum absolute atomic E-state index is 12.6. The first-order valence-electron chi connectivity index (χ1n) is 8.94. The molecule has 4 heterocycles. The molecular formula is C18H20N6O4. The second-order valence-corrected chi connectivity index (χ2v) is 6.43. The number of carbonyl (C=O) groups is 2. The van der Waals surface area contributed by atoms with E-state index in [0.29, 0.717) is 43.8 Å². The number of carbonyl (C=O) groups excluding carboxylic acids is 2. The summed E-state index contributed by atoms with van der Waals surface area (Å²) in [5, 5.41) is 2.74. The molecule has 1 fully saturated rings. The number of ether oxygens (including phenoxy) is 1. The fourth-order valence-electron chi connectivity index (χ4n) is 3.35. The van der Waals surface area contributed by atoms with Crippen LogP contribution in [0.3, 0.4) is 0 Å². The third-order valence-corrected chi connectivity index (χ3v) is 4.80. The van der Waals surface area contributed by atoms with Gasteiger partial charge in [-0.05, 0) is 18.2 Å². The molecule has 10 heteroatoms. The number of hydrogen-bond acceptors (Lipinski definition) is 9. The van der Waals surface area contributed by atoms with Gasteiger partial charge < -0.3 is 19.0 Å². The van der Waals surface area contributed by atoms with E-state index in [-0.39, 0.29) is 0 Å². The van der Waals surface area contributed by atoms with Crippen LogP contribution >= 0.6 is 0 Å². The van der Waals surface area contributed by atoms with Gasteiger partial charge in [0.25, 0.3) is 0 Å². The van der Waals surface area contributed by atoms with Crippen LogP contribution in [-0.4, -0.2) is 66.0 Å². The molecule has 0 aromatic carbocycles. The third kappa shape index (κ3) is 3.40. The van der Waals surface area contributed by atoms with Crippen LogP contribution < -0.4 is 10.2 Å². The van der Waals surface area contributed by atoms with Crippen LogP contribution in [0.15, 0.2) is 46.3 Å². The Bertz CT molecular complexity index is 861. The summed E-state index contributed by atoms with van der Waals surface area (Å²) in [4.78, 5) is 42.0. The number of esters is 1. The quantitative estimate of drug-likeness (QED) is 0.590. The molecule has 1 amide bonds. The van der Waals surface area contributed by atoms with Gasteiger partial charge in [-0.2, -0.15) is 0 Å². The number of nitrogens with zero attached hydrogens (tertiary/aromatic N) is 5. The molecule has 2 aliphatic rings. The number of piperazine rings is 1. The number of rotatable bonds is 3. The molecule has 0 saturated carbocycles. The van der Waals surface area contributed by atoms with E-state index < -0.39 is 23.8 Å². The lowest BCUT2D eigenvalue weighted by atomic mass is 9.95. The van der Waals surface area contributed by atoms with Gasteiger partial charge in [0.2, 0.25) is 17.8 Å². The molecule has 2 atom stereocenters. The van der Waals surface area contributed by atoms with E-state index >= 15 is 0 Å². The van der Waals surface area contributed by atoms with Crippen LogP contribution in [0.2, 0.25) is 0 Å². The van der Waals surface area contributed by atoms with E-state index in [4.69, 9.17) is 9.15 Å². The van der Waals surface area contributed by atoms with Crippen molar-refractivity contribution in [1.82, 2.24) is 20.2 Å². The molecule has 0 unspecified atom stereocenters. The lowest BCUT2D eigenvalue weighted by molar-refractivity contribution is -0.151. The van der Waals surface area contributed by atoms with E-state index in [9.17, 15) is 9.59 Å². The Kier molecular flexibility index (Phi) is 4.92. The van der Waals surface area contributed by atoms with Crippen LogP contribution in [0.5, 0.6) is 0 Å². The van der Waals surface area contributed by atoms with Crippen molar-refractivity contribution in [2.75, 3.05) is 38.2 Å². The molecule has 0 spiro atoms. The van der Waals surface area contributed by atoms with Gasteiger partial charge >= 0.3 is 5.97 Å². The molecule has 1 N–H and O–H groups in total. The summed E-state index contributed by atoms with van der Waals surface area (Å²) in [7, 11) is 1.25. The highest BCUT2D eigenvalue weighted by Gasteiger charge is 2.43. The summed E-state index contributed by atoms with van der Waals surface area (Å²) < 4.78 is 10.2. The van der Waals surface area contributed by atoms with Gasteiger partial charge in [-0.25, -0.2) is 15.0 Å². The van der Waals surface area contributed by atoms with Gasteiger partial charge in [0.15, 0.2) is 5.92 Å². The summed E-state index contributed by atoms with van der Waals surface area (Å²) in [6.45, 7) is 2.63. The molecular weight excluding hydrogens is 364 g/mol. The number of nitrogens with one attached hydrogen (secondary N) is 1. The molecule has 4 rings (SSSR count). The lowest BCUT2D eigenvalue weighted by Gasteiger charge is -2.38. The van der Waals surface area contributed by atoms with Crippen LogP contribution in [-0.2, 0) is 14.3 Å². The molecule has 2 aromatic rings. The lowest BCUT2D eigenvalue weighted by Crippen LogP contribution is -2.57. The number of amides is 1. The summed E-state index contributed by atoms with van der Waals surface area (Å²) in [5.74, 6) is -0.631. The largest absolute Gasteiger partial charge is 0.468 e. The van der Waals surface area contributed by atoms with Crippen LogP contribution in [0.25, 0.3) is 0 Å². The summed E-state index contributed by atoms with van der Waals surface area (Å²) in [6.07, 6.45) is 4.91. The van der Waals surface area contributed by atoms with Crippen molar-refractivity contribution in [3.8, 4) is 0 Å². The zero-order valence-electron chi connectivity index (χ0n) is 15.3. The first kappa shape index (κ1) is 18.0. The average Bonchev–Trinajstić information content (AvgIpc) is 3.28. The fraction of sp³-hybridized carbons (Fsp3) is 0.389. The van der Waals surface area contributed by atoms with Crippen LogP contribution in [0.4, 0.5) is 5.95 Å². The van der Waals surface area contributed by atoms with Gasteiger partial charge in [-0.15, -0.1) is 0 Å². The second-order valence-electron chi connectivity index (χ2n) is 6.43. The minimum absolute atomic E-state index is 0.431. The molecule has 0 aliphatic carbocycles. The normalized spacial score (nSPS) is 22.5. The van der Waals surface area contributed by atoms with Gasteiger partial charge in [-0.3, -0.25) is 14.9 Å². The Balaban J connectivity index is 1.53. The van der Waals surface area contributed by atoms with Gasteiger partial charge in [0, 0.05) is 38.6 Å². The van der Waals surface area contributed by atoms with Crippen LogP contribution in [0, 0.1) is 5.92 Å². The second kappa shape index (κ2) is 7.67. The highest BCUT2D eigenvalue weighted by molar-refractivity contribution is 6.08. The fourth-order valence-corrected chi connectivity index (χ4v) is 3.35. The Morgan fingerprint density at radius 2 is 1.89 bits per heavy atom. The SMILES string of the molecule is COC(=O)[C@@H]1C(=O)NC(N2CCN(c3ncccn3)CC2)=N[C@@H]1c1ccco1. The molecule has 1 saturated heterocycles. The van der Waals surface area contributed by atoms with Crippen LogP contribution in [0.1, 0.15) is 11.8 Å². The van der Waals surface area contributed by atoms with Crippen molar-refractivity contribution >= 4 is 23.8 Å². The zero-order chi connectivity index (χ0) is 19.5. The summed E-state index contributed by atoms with van der Waals surface area (Å²) in [5.41, 5.74) is 0. The Labute approximate surface area is 161 Å². The summed E-state index contributed by atoms with van der Waals surface area (Å²) in [6, 6.07) is 4.41. The molecule has 28 heavy (non-hydrogen) atoms.